The van der Waals surface area contributed by atoms with Crippen molar-refractivity contribution in [2.75, 3.05) is 12.1 Å². The fraction of sp³-hybridized carbons (Fsp3) is 0.208. The number of fused-ring (bicyclic) bond motifs is 1. The van der Waals surface area contributed by atoms with Crippen molar-refractivity contribution >= 4 is 21.6 Å². The Balaban J connectivity index is 0.00000178. The van der Waals surface area contributed by atoms with Crippen LogP contribution in [0.15, 0.2) is 65.6 Å². The van der Waals surface area contributed by atoms with Gasteiger partial charge in [0.25, 0.3) is 0 Å². The van der Waals surface area contributed by atoms with E-state index >= 15 is 0 Å². The number of primary sulfonamides is 1. The highest BCUT2D eigenvalue weighted by molar-refractivity contribution is 7.89. The molecule has 1 heterocycles. The molecule has 0 spiro atoms. The summed E-state index contributed by atoms with van der Waals surface area (Å²) >= 11 is 0. The van der Waals surface area contributed by atoms with Gasteiger partial charge in [-0.2, -0.15) is 0 Å². The minimum absolute atomic E-state index is 0. The van der Waals surface area contributed by atoms with E-state index in [1.807, 2.05) is 0 Å². The summed E-state index contributed by atoms with van der Waals surface area (Å²) in [7, 11) is -3.99. The van der Waals surface area contributed by atoms with Crippen molar-refractivity contribution in [3.8, 4) is 28.4 Å². The Morgan fingerprint density at radius 2 is 1.69 bits per heavy atom. The Bertz CT molecular complexity index is 1470. The van der Waals surface area contributed by atoms with E-state index in [2.05, 4.69) is 10.1 Å². The number of alkyl halides is 3. The van der Waals surface area contributed by atoms with Gasteiger partial charge >= 0.3 is 6.36 Å². The fourth-order valence-corrected chi connectivity index (χ4v) is 4.60. The van der Waals surface area contributed by atoms with Gasteiger partial charge in [-0.3, -0.25) is 4.79 Å². The highest BCUT2D eigenvalue weighted by Crippen LogP contribution is 2.51. The van der Waals surface area contributed by atoms with Gasteiger partial charge in [0.15, 0.2) is 11.5 Å². The van der Waals surface area contributed by atoms with Crippen molar-refractivity contribution < 1.29 is 44.9 Å². The average molecular weight is 527 g/mol. The van der Waals surface area contributed by atoms with Gasteiger partial charge in [-0.25, -0.2) is 13.6 Å². The van der Waals surface area contributed by atoms with Gasteiger partial charge in [-0.1, -0.05) is 18.2 Å². The number of nitrogens with one attached hydrogen (secondary N) is 1. The largest absolute Gasteiger partial charge is 0.573 e. The zero-order chi connectivity index (χ0) is 25.7. The SMILES string of the molecule is NS(=O)(=O)c1ccc(-c2cc(NC(=O)C3(c4ccc5c(c4)OCO5)CC3)ccc2OC(F)(F)F)cc1.[HH].[HH].[HH]. The first kappa shape index (κ1) is 23.9. The van der Waals surface area contributed by atoms with Crippen LogP contribution in [-0.2, 0) is 20.2 Å². The number of hydrogen-bond donors (Lipinski definition) is 2. The highest BCUT2D eigenvalue weighted by Gasteiger charge is 2.51. The lowest BCUT2D eigenvalue weighted by atomic mass is 9.94. The van der Waals surface area contributed by atoms with E-state index in [1.54, 1.807) is 18.2 Å². The topological polar surface area (TPSA) is 117 Å². The summed E-state index contributed by atoms with van der Waals surface area (Å²) in [5.41, 5.74) is 0.431. The van der Waals surface area contributed by atoms with Crippen LogP contribution in [0.5, 0.6) is 17.2 Å². The first-order valence-corrected chi connectivity index (χ1v) is 12.2. The maximum absolute atomic E-state index is 13.2. The number of carbonyl (C=O) groups is 1. The van der Waals surface area contributed by atoms with Crippen molar-refractivity contribution in [2.45, 2.75) is 29.5 Å². The predicted octanol–water partition coefficient (Wildman–Crippen LogP) is 5.04. The molecule has 1 aliphatic heterocycles. The quantitative estimate of drug-likeness (QED) is 0.465. The number of carbonyl (C=O) groups excluding carboxylic acids is 1. The number of nitrogens with two attached hydrogens (primary N) is 1. The highest BCUT2D eigenvalue weighted by atomic mass is 32.2. The summed E-state index contributed by atoms with van der Waals surface area (Å²) in [5, 5.41) is 7.88. The Hall–Kier alpha value is -3.77. The molecule has 12 heteroatoms. The lowest BCUT2D eigenvalue weighted by Crippen LogP contribution is -2.27. The van der Waals surface area contributed by atoms with Gasteiger partial charge in [0.05, 0.1) is 10.3 Å². The lowest BCUT2D eigenvalue weighted by Gasteiger charge is -2.18. The number of benzene rings is 3. The van der Waals surface area contributed by atoms with Crippen LogP contribution in [0, 0.1) is 0 Å². The van der Waals surface area contributed by atoms with Crippen molar-refractivity contribution in [1.29, 1.82) is 0 Å². The van der Waals surface area contributed by atoms with Gasteiger partial charge in [-0.05, 0) is 66.4 Å². The second kappa shape index (κ2) is 8.42. The molecule has 1 amide bonds. The van der Waals surface area contributed by atoms with Gasteiger partial charge in [0.1, 0.15) is 5.75 Å². The molecule has 3 aromatic carbocycles. The van der Waals surface area contributed by atoms with E-state index in [4.69, 9.17) is 14.6 Å². The second-order valence-electron chi connectivity index (χ2n) is 8.43. The Morgan fingerprint density at radius 3 is 2.33 bits per heavy atom. The minimum Gasteiger partial charge on any atom is -0.454 e. The second-order valence-corrected chi connectivity index (χ2v) is 9.99. The molecule has 0 bridgehead atoms. The van der Waals surface area contributed by atoms with E-state index in [1.165, 1.54) is 36.4 Å². The zero-order valence-corrected chi connectivity index (χ0v) is 19.3. The molecule has 0 radical (unpaired) electrons. The normalized spacial score (nSPS) is 15.9. The summed E-state index contributed by atoms with van der Waals surface area (Å²) < 4.78 is 77.0. The molecule has 194 valence electrons. The smallest absolute Gasteiger partial charge is 0.454 e. The Labute approximate surface area is 208 Å². The van der Waals surface area contributed by atoms with Crippen LogP contribution in [0.2, 0.25) is 0 Å². The number of hydrogen-bond acceptors (Lipinski definition) is 6. The third kappa shape index (κ3) is 4.69. The number of ether oxygens (including phenoxy) is 3. The van der Waals surface area contributed by atoms with Gasteiger partial charge < -0.3 is 19.5 Å². The molecule has 0 atom stereocenters. The maximum Gasteiger partial charge on any atom is 0.573 e. The molecule has 0 aromatic heterocycles. The molecule has 0 saturated heterocycles. The van der Waals surface area contributed by atoms with E-state index in [-0.39, 0.29) is 38.7 Å². The van der Waals surface area contributed by atoms with E-state index in [0.717, 1.165) is 11.6 Å². The molecule has 3 aromatic rings. The Morgan fingerprint density at radius 1 is 1.00 bits per heavy atom. The standard InChI is InChI=1S/C24H19F3N2O6S.3H2/c25-24(26,27)35-19-8-4-16(12-18(19)14-1-5-17(6-2-14)36(28,31)32)29-22(30)23(9-10-23)15-3-7-20-21(11-15)34-13-33-20;;;/h1-8,11-12H,9-10,13H2,(H,29,30)(H2,28,31,32);3*1H. The van der Waals surface area contributed by atoms with Crippen LogP contribution in [0.3, 0.4) is 0 Å². The van der Waals surface area contributed by atoms with Gasteiger partial charge in [0, 0.05) is 15.5 Å². The van der Waals surface area contributed by atoms with Crippen LogP contribution in [0.4, 0.5) is 18.9 Å². The zero-order valence-electron chi connectivity index (χ0n) is 18.5. The summed E-state index contributed by atoms with van der Waals surface area (Å²) in [6.45, 7) is 0.102. The molecular weight excluding hydrogens is 501 g/mol. The summed E-state index contributed by atoms with van der Waals surface area (Å²) in [6.07, 6.45) is -3.78. The summed E-state index contributed by atoms with van der Waals surface area (Å²) in [4.78, 5) is 13.0. The molecule has 2 aliphatic rings. The average Bonchev–Trinajstić information content (AvgIpc) is 3.49. The monoisotopic (exact) mass is 526 g/mol. The lowest BCUT2D eigenvalue weighted by molar-refractivity contribution is -0.274. The molecule has 8 nitrogen and oxygen atoms in total. The van der Waals surface area contributed by atoms with Crippen LogP contribution < -0.4 is 24.7 Å². The van der Waals surface area contributed by atoms with E-state index in [9.17, 15) is 26.4 Å². The van der Waals surface area contributed by atoms with Crippen LogP contribution >= 0.6 is 0 Å². The fourth-order valence-electron chi connectivity index (χ4n) is 4.09. The molecular formula is C24H25F3N2O6S. The minimum atomic E-state index is -4.96. The number of halogens is 3. The first-order valence-electron chi connectivity index (χ1n) is 10.7. The first-order chi connectivity index (χ1) is 16.9. The Kier molecular flexibility index (Phi) is 5.60. The molecule has 1 aliphatic carbocycles. The molecule has 1 fully saturated rings. The number of amides is 1. The van der Waals surface area contributed by atoms with E-state index < -0.39 is 27.6 Å². The number of sulfonamides is 1. The van der Waals surface area contributed by atoms with Gasteiger partial charge in [-0.15, -0.1) is 13.2 Å². The number of rotatable bonds is 6. The maximum atomic E-state index is 13.2. The predicted molar refractivity (Wildman–Crippen MR) is 128 cm³/mol. The third-order valence-electron chi connectivity index (χ3n) is 6.07. The van der Waals surface area contributed by atoms with Crippen molar-refractivity contribution in [3.05, 3.63) is 66.2 Å². The van der Waals surface area contributed by atoms with Crippen molar-refractivity contribution in [2.24, 2.45) is 5.14 Å². The molecule has 3 N–H and O–H groups in total. The molecule has 5 rings (SSSR count). The molecule has 0 unspecified atom stereocenters. The van der Waals surface area contributed by atoms with E-state index in [0.29, 0.717) is 24.3 Å². The summed E-state index contributed by atoms with van der Waals surface area (Å²) in [6, 6.07) is 14.0. The van der Waals surface area contributed by atoms with Crippen molar-refractivity contribution in [3.63, 3.8) is 0 Å². The summed E-state index contributed by atoms with van der Waals surface area (Å²) in [5.74, 6) is 0.306. The van der Waals surface area contributed by atoms with Gasteiger partial charge in [0.2, 0.25) is 22.7 Å². The number of anilines is 1. The van der Waals surface area contributed by atoms with Crippen LogP contribution in [-0.4, -0.2) is 27.5 Å². The third-order valence-corrected chi connectivity index (χ3v) is 7.00. The van der Waals surface area contributed by atoms with Crippen LogP contribution in [0.25, 0.3) is 11.1 Å². The van der Waals surface area contributed by atoms with Crippen molar-refractivity contribution in [1.82, 2.24) is 0 Å². The van der Waals surface area contributed by atoms with Crippen LogP contribution in [0.1, 0.15) is 22.7 Å². The molecule has 1 saturated carbocycles. The molecule has 36 heavy (non-hydrogen) atoms.